The van der Waals surface area contributed by atoms with E-state index in [1.807, 2.05) is 12.3 Å². The number of aliphatic carboxylic acids is 1. The van der Waals surface area contributed by atoms with E-state index in [-0.39, 0.29) is 12.3 Å². The van der Waals surface area contributed by atoms with Crippen molar-refractivity contribution in [3.8, 4) is 0 Å². The fourth-order valence-corrected chi connectivity index (χ4v) is 2.72. The Hall–Kier alpha value is -1.43. The largest absolute Gasteiger partial charge is 0.481 e. The number of carbonyl (C=O) groups is 2. The Morgan fingerprint density at radius 1 is 1.61 bits per heavy atom. The molecule has 1 aliphatic heterocycles. The molecular weight excluding hydrogens is 252 g/mol. The van der Waals surface area contributed by atoms with Crippen molar-refractivity contribution in [1.82, 2.24) is 9.88 Å². The Bertz CT molecular complexity index is 485. The fraction of sp³-hybridized carbons (Fsp3) is 0.583. The van der Waals surface area contributed by atoms with Crippen molar-refractivity contribution >= 4 is 23.2 Å². The summed E-state index contributed by atoms with van der Waals surface area (Å²) < 4.78 is 0. The Balaban J connectivity index is 1.98. The van der Waals surface area contributed by atoms with Crippen LogP contribution in [0.2, 0.25) is 0 Å². The van der Waals surface area contributed by atoms with Crippen molar-refractivity contribution in [1.29, 1.82) is 0 Å². The van der Waals surface area contributed by atoms with E-state index in [0.29, 0.717) is 19.5 Å². The van der Waals surface area contributed by atoms with Crippen LogP contribution in [-0.2, 0) is 16.0 Å². The third-order valence-corrected chi connectivity index (χ3v) is 4.16. The normalized spacial score (nSPS) is 23.3. The monoisotopic (exact) mass is 268 g/mol. The van der Waals surface area contributed by atoms with E-state index in [4.69, 9.17) is 5.11 Å². The van der Waals surface area contributed by atoms with Crippen LogP contribution in [0.25, 0.3) is 0 Å². The first-order valence-electron chi connectivity index (χ1n) is 5.83. The number of carboxylic acid groups (broad SMARTS) is 1. The lowest BCUT2D eigenvalue weighted by atomic mass is 9.90. The van der Waals surface area contributed by atoms with Crippen molar-refractivity contribution in [2.45, 2.75) is 26.7 Å². The van der Waals surface area contributed by atoms with Crippen LogP contribution in [-0.4, -0.2) is 40.0 Å². The molecule has 0 radical (unpaired) electrons. The first-order chi connectivity index (χ1) is 8.40. The molecule has 1 amide bonds. The predicted octanol–water partition coefficient (Wildman–Crippen LogP) is 1.32. The van der Waals surface area contributed by atoms with E-state index in [1.54, 1.807) is 11.8 Å². The molecule has 6 heteroatoms. The summed E-state index contributed by atoms with van der Waals surface area (Å²) in [4.78, 5) is 29.0. The number of likely N-dealkylation sites (tertiary alicyclic amines) is 1. The highest BCUT2D eigenvalue weighted by Gasteiger charge is 2.41. The van der Waals surface area contributed by atoms with Crippen LogP contribution in [0.5, 0.6) is 0 Å². The highest BCUT2D eigenvalue weighted by Crippen LogP contribution is 2.30. The zero-order valence-electron chi connectivity index (χ0n) is 10.5. The van der Waals surface area contributed by atoms with Gasteiger partial charge in [0, 0.05) is 18.5 Å². The van der Waals surface area contributed by atoms with Gasteiger partial charge in [-0.25, -0.2) is 4.98 Å². The molecule has 1 aliphatic rings. The van der Waals surface area contributed by atoms with Crippen LogP contribution in [0.1, 0.15) is 24.0 Å². The standard InChI is InChI=1S/C12H16N2O3S/c1-8-13-9(6-18-8)5-10(15)14-4-3-12(2,7-14)11(16)17/h6H,3-5,7H2,1-2H3,(H,16,17). The Labute approximate surface area is 109 Å². The van der Waals surface area contributed by atoms with Gasteiger partial charge in [0.15, 0.2) is 0 Å². The molecule has 0 aliphatic carbocycles. The molecule has 1 aromatic heterocycles. The van der Waals surface area contributed by atoms with Gasteiger partial charge in [-0.2, -0.15) is 0 Å². The SMILES string of the molecule is Cc1nc(CC(=O)N2CCC(C)(C(=O)O)C2)cs1. The van der Waals surface area contributed by atoms with Crippen LogP contribution in [0.4, 0.5) is 0 Å². The van der Waals surface area contributed by atoms with E-state index < -0.39 is 11.4 Å². The summed E-state index contributed by atoms with van der Waals surface area (Å²) in [5.41, 5.74) is -0.0281. The molecule has 0 bridgehead atoms. The fourth-order valence-electron chi connectivity index (χ4n) is 2.10. The average Bonchev–Trinajstić information content (AvgIpc) is 2.86. The first-order valence-corrected chi connectivity index (χ1v) is 6.71. The van der Waals surface area contributed by atoms with E-state index >= 15 is 0 Å². The lowest BCUT2D eigenvalue weighted by Gasteiger charge is -2.19. The van der Waals surface area contributed by atoms with Gasteiger partial charge in [-0.05, 0) is 20.3 Å². The molecule has 98 valence electrons. The lowest BCUT2D eigenvalue weighted by molar-refractivity contribution is -0.147. The van der Waals surface area contributed by atoms with Gasteiger partial charge in [0.25, 0.3) is 0 Å². The summed E-state index contributed by atoms with van der Waals surface area (Å²) in [7, 11) is 0. The van der Waals surface area contributed by atoms with Gasteiger partial charge in [-0.1, -0.05) is 0 Å². The molecule has 1 atom stereocenters. The molecular formula is C12H16N2O3S. The second-order valence-corrected chi connectivity index (χ2v) is 6.03. The third kappa shape index (κ3) is 2.53. The number of carboxylic acids is 1. The van der Waals surface area contributed by atoms with Gasteiger partial charge < -0.3 is 10.0 Å². The number of rotatable bonds is 3. The maximum atomic E-state index is 12.0. The molecule has 0 saturated carbocycles. The molecule has 0 aromatic carbocycles. The maximum absolute atomic E-state index is 12.0. The Morgan fingerprint density at radius 3 is 2.83 bits per heavy atom. The van der Waals surface area contributed by atoms with Crippen LogP contribution < -0.4 is 0 Å². The molecule has 1 fully saturated rings. The second-order valence-electron chi connectivity index (χ2n) is 4.97. The summed E-state index contributed by atoms with van der Waals surface area (Å²) >= 11 is 1.52. The molecule has 2 rings (SSSR count). The first kappa shape index (κ1) is 13.0. The van der Waals surface area contributed by atoms with Crippen molar-refractivity contribution < 1.29 is 14.7 Å². The second kappa shape index (κ2) is 4.68. The Morgan fingerprint density at radius 2 is 2.33 bits per heavy atom. The molecule has 1 aromatic rings. The van der Waals surface area contributed by atoms with E-state index in [0.717, 1.165) is 10.7 Å². The van der Waals surface area contributed by atoms with Crippen LogP contribution in [0.15, 0.2) is 5.38 Å². The zero-order chi connectivity index (χ0) is 13.3. The summed E-state index contributed by atoms with van der Waals surface area (Å²) in [6.45, 7) is 4.40. The van der Waals surface area contributed by atoms with Gasteiger partial charge in [0.1, 0.15) is 0 Å². The van der Waals surface area contributed by atoms with Gasteiger partial charge in [-0.15, -0.1) is 11.3 Å². The van der Waals surface area contributed by atoms with Gasteiger partial charge >= 0.3 is 5.97 Å². The lowest BCUT2D eigenvalue weighted by Crippen LogP contribution is -2.35. The van der Waals surface area contributed by atoms with Crippen molar-refractivity contribution in [2.24, 2.45) is 5.41 Å². The molecule has 1 N–H and O–H groups in total. The minimum atomic E-state index is -0.831. The average molecular weight is 268 g/mol. The van der Waals surface area contributed by atoms with E-state index in [1.165, 1.54) is 11.3 Å². The van der Waals surface area contributed by atoms with Gasteiger partial charge in [-0.3, -0.25) is 9.59 Å². The van der Waals surface area contributed by atoms with Gasteiger partial charge in [0.2, 0.25) is 5.91 Å². The quantitative estimate of drug-likeness (QED) is 0.897. The highest BCUT2D eigenvalue weighted by molar-refractivity contribution is 7.09. The summed E-state index contributed by atoms with van der Waals surface area (Å²) in [6.07, 6.45) is 0.782. The minimum Gasteiger partial charge on any atom is -0.481 e. The van der Waals surface area contributed by atoms with E-state index in [9.17, 15) is 9.59 Å². The zero-order valence-corrected chi connectivity index (χ0v) is 11.3. The van der Waals surface area contributed by atoms with Gasteiger partial charge in [0.05, 0.1) is 22.5 Å². The summed E-state index contributed by atoms with van der Waals surface area (Å²) in [5, 5.41) is 11.9. The number of thiazole rings is 1. The molecule has 5 nitrogen and oxygen atoms in total. The number of amides is 1. The number of aromatic nitrogens is 1. The minimum absolute atomic E-state index is 0.0368. The van der Waals surface area contributed by atoms with E-state index in [2.05, 4.69) is 4.98 Å². The third-order valence-electron chi connectivity index (χ3n) is 3.34. The van der Waals surface area contributed by atoms with Crippen LogP contribution >= 0.6 is 11.3 Å². The number of carbonyl (C=O) groups excluding carboxylic acids is 1. The molecule has 18 heavy (non-hydrogen) atoms. The Kier molecular flexibility index (Phi) is 3.38. The maximum Gasteiger partial charge on any atom is 0.311 e. The molecule has 1 unspecified atom stereocenters. The molecule has 0 spiro atoms. The molecule has 2 heterocycles. The van der Waals surface area contributed by atoms with Crippen LogP contribution in [0, 0.1) is 12.3 Å². The number of hydrogen-bond acceptors (Lipinski definition) is 4. The number of nitrogens with zero attached hydrogens (tertiary/aromatic N) is 2. The van der Waals surface area contributed by atoms with Crippen molar-refractivity contribution in [3.63, 3.8) is 0 Å². The smallest absolute Gasteiger partial charge is 0.311 e. The summed E-state index contributed by atoms with van der Waals surface area (Å²) in [5.74, 6) is -0.868. The summed E-state index contributed by atoms with van der Waals surface area (Å²) in [6, 6.07) is 0. The molecule has 1 saturated heterocycles. The topological polar surface area (TPSA) is 70.5 Å². The number of hydrogen-bond donors (Lipinski definition) is 1. The van der Waals surface area contributed by atoms with Crippen molar-refractivity contribution in [3.05, 3.63) is 16.1 Å². The number of aryl methyl sites for hydroxylation is 1. The predicted molar refractivity (Wildman–Crippen MR) is 67.5 cm³/mol. The van der Waals surface area contributed by atoms with Crippen molar-refractivity contribution in [2.75, 3.05) is 13.1 Å². The van der Waals surface area contributed by atoms with Crippen LogP contribution in [0.3, 0.4) is 0 Å². The highest BCUT2D eigenvalue weighted by atomic mass is 32.1.